The Morgan fingerprint density at radius 3 is 2.76 bits per heavy atom. The predicted molar refractivity (Wildman–Crippen MR) is 150 cm³/mol. The van der Waals surface area contributed by atoms with Crippen molar-refractivity contribution in [3.63, 3.8) is 0 Å². The summed E-state index contributed by atoms with van der Waals surface area (Å²) in [6.07, 6.45) is 1.59. The number of hydrogen-bond donors (Lipinski definition) is 0. The van der Waals surface area contributed by atoms with E-state index >= 15 is 0 Å². The smallest absolute Gasteiger partial charge is 0.338 e. The summed E-state index contributed by atoms with van der Waals surface area (Å²) >= 11 is 1.16. The fourth-order valence-electron chi connectivity index (χ4n) is 4.89. The van der Waals surface area contributed by atoms with Crippen molar-refractivity contribution >= 4 is 29.1 Å². The zero-order valence-electron chi connectivity index (χ0n) is 22.6. The number of aromatic nitrogens is 1. The molecule has 0 fully saturated rings. The normalized spacial score (nSPS) is 15.8. The highest BCUT2D eigenvalue weighted by molar-refractivity contribution is 7.07. The lowest BCUT2D eigenvalue weighted by molar-refractivity contribution is -0.384. The first-order valence-corrected chi connectivity index (χ1v) is 13.6. The molecule has 4 aromatic rings. The van der Waals surface area contributed by atoms with Gasteiger partial charge in [-0.3, -0.25) is 19.5 Å². The Bertz CT molecular complexity index is 1970. The molecule has 1 atom stereocenters. The minimum atomic E-state index is -0.812. The Morgan fingerprint density at radius 2 is 2.00 bits per heavy atom. The molecule has 0 bridgehead atoms. The molecule has 0 unspecified atom stereocenters. The van der Waals surface area contributed by atoms with Crippen LogP contribution < -0.4 is 29.1 Å². The summed E-state index contributed by atoms with van der Waals surface area (Å²) in [4.78, 5) is 42.6. The van der Waals surface area contributed by atoms with Crippen molar-refractivity contribution in [2.45, 2.75) is 19.9 Å². The number of non-ortho nitro benzene ring substituents is 1. The van der Waals surface area contributed by atoms with Crippen LogP contribution in [-0.2, 0) is 9.53 Å². The Morgan fingerprint density at radius 1 is 1.19 bits per heavy atom. The molecule has 0 N–H and O–H groups in total. The Labute approximate surface area is 241 Å². The van der Waals surface area contributed by atoms with Crippen molar-refractivity contribution in [1.29, 1.82) is 0 Å². The van der Waals surface area contributed by atoms with E-state index in [1.165, 1.54) is 23.8 Å². The molecule has 0 aliphatic carbocycles. The molecule has 0 saturated carbocycles. The topological polar surface area (TPSA) is 145 Å². The number of rotatable bonds is 7. The molecule has 2 aromatic heterocycles. The van der Waals surface area contributed by atoms with Crippen molar-refractivity contribution < 1.29 is 33.1 Å². The van der Waals surface area contributed by atoms with Crippen LogP contribution in [0.15, 0.2) is 74.0 Å². The van der Waals surface area contributed by atoms with Gasteiger partial charge in [0, 0.05) is 12.1 Å². The number of fused-ring (bicyclic) bond motifs is 2. The van der Waals surface area contributed by atoms with Gasteiger partial charge in [-0.25, -0.2) is 9.79 Å². The van der Waals surface area contributed by atoms with Crippen molar-refractivity contribution in [2.75, 3.05) is 20.5 Å². The number of allylic oxidation sites excluding steroid dienone is 1. The fourth-order valence-corrected chi connectivity index (χ4v) is 5.92. The molecular formula is C29H23N3O9S. The van der Waals surface area contributed by atoms with Crippen molar-refractivity contribution in [3.05, 3.63) is 101 Å². The third-order valence-corrected chi connectivity index (χ3v) is 7.77. The Kier molecular flexibility index (Phi) is 6.86. The van der Waals surface area contributed by atoms with Gasteiger partial charge in [-0.1, -0.05) is 17.4 Å². The Balaban J connectivity index is 1.45. The van der Waals surface area contributed by atoms with Gasteiger partial charge in [-0.2, -0.15) is 0 Å². The summed E-state index contributed by atoms with van der Waals surface area (Å²) in [5, 5.41) is 11.2. The molecule has 4 heterocycles. The molecule has 0 saturated heterocycles. The second-order valence-electron chi connectivity index (χ2n) is 9.26. The molecule has 2 aliphatic rings. The summed E-state index contributed by atoms with van der Waals surface area (Å²) in [6, 6.07) is 12.0. The number of thiazole rings is 1. The zero-order chi connectivity index (χ0) is 29.5. The van der Waals surface area contributed by atoms with Gasteiger partial charge in [0.1, 0.15) is 17.3 Å². The van der Waals surface area contributed by atoms with Crippen LogP contribution in [0.4, 0.5) is 5.69 Å². The van der Waals surface area contributed by atoms with E-state index in [9.17, 15) is 19.7 Å². The highest BCUT2D eigenvalue weighted by Gasteiger charge is 2.34. The standard InChI is InChI=1S/C29H23N3O9S/c1-4-38-28(34)25-15(2)30-29-31(26(25)16-5-9-21-23(11-16)40-14-39-21)27(33)24(42-29)13-18-7-10-20(41-18)19-8-6-17(32(35)36)12-22(19)37-3/h5-13,26H,4,14H2,1-3H3/b24-13-/t26-/m1/s1. The fraction of sp³-hybridized carbons (Fsp3) is 0.207. The first-order chi connectivity index (χ1) is 20.3. The van der Waals surface area contributed by atoms with E-state index in [0.29, 0.717) is 49.2 Å². The number of nitro benzene ring substituents is 1. The van der Waals surface area contributed by atoms with Gasteiger partial charge in [-0.05, 0) is 49.7 Å². The molecule has 0 spiro atoms. The quantitative estimate of drug-likeness (QED) is 0.179. The zero-order valence-corrected chi connectivity index (χ0v) is 23.4. The van der Waals surface area contributed by atoms with Gasteiger partial charge in [-0.15, -0.1) is 0 Å². The second-order valence-corrected chi connectivity index (χ2v) is 10.3. The van der Waals surface area contributed by atoms with Crippen LogP contribution in [0.3, 0.4) is 0 Å². The molecule has 0 amide bonds. The van der Waals surface area contributed by atoms with Gasteiger partial charge < -0.3 is 23.4 Å². The van der Waals surface area contributed by atoms with Gasteiger partial charge in [0.15, 0.2) is 16.3 Å². The van der Waals surface area contributed by atoms with E-state index < -0.39 is 16.9 Å². The molecule has 2 aliphatic heterocycles. The lowest BCUT2D eigenvalue weighted by Gasteiger charge is -2.24. The molecule has 214 valence electrons. The average molecular weight is 590 g/mol. The maximum absolute atomic E-state index is 13.9. The number of methoxy groups -OCH3 is 1. The molecule has 6 rings (SSSR count). The summed E-state index contributed by atoms with van der Waals surface area (Å²) in [5.74, 6) is 1.56. The number of hydrogen-bond acceptors (Lipinski definition) is 11. The summed E-state index contributed by atoms with van der Waals surface area (Å²) < 4.78 is 29.4. The van der Waals surface area contributed by atoms with Crippen molar-refractivity contribution in [2.24, 2.45) is 4.99 Å². The number of carbonyl (C=O) groups is 1. The van der Waals surface area contributed by atoms with Gasteiger partial charge in [0.25, 0.3) is 11.2 Å². The number of nitro groups is 1. The third kappa shape index (κ3) is 4.63. The van der Waals surface area contributed by atoms with Gasteiger partial charge in [0.05, 0.1) is 52.1 Å². The van der Waals surface area contributed by atoms with Crippen LogP contribution in [0, 0.1) is 10.1 Å². The first kappa shape index (κ1) is 27.0. The van der Waals surface area contributed by atoms with E-state index in [4.69, 9.17) is 23.4 Å². The number of carbonyl (C=O) groups excluding carboxylic acids is 1. The van der Waals surface area contributed by atoms with Crippen LogP contribution >= 0.6 is 11.3 Å². The van der Waals surface area contributed by atoms with Crippen LogP contribution in [0.5, 0.6) is 17.2 Å². The third-order valence-electron chi connectivity index (χ3n) is 6.79. The van der Waals surface area contributed by atoms with Gasteiger partial charge >= 0.3 is 5.97 Å². The number of esters is 1. The highest BCUT2D eigenvalue weighted by Crippen LogP contribution is 2.38. The molecule has 12 nitrogen and oxygen atoms in total. The molecule has 0 radical (unpaired) electrons. The summed E-state index contributed by atoms with van der Waals surface area (Å²) in [5.41, 5.74) is 1.35. The van der Waals surface area contributed by atoms with Crippen LogP contribution in [0.25, 0.3) is 17.4 Å². The largest absolute Gasteiger partial charge is 0.496 e. The minimum Gasteiger partial charge on any atom is -0.496 e. The SMILES string of the molecule is CCOC(=O)C1=C(C)N=c2s/c(=C\c3ccc(-c4ccc([N+](=O)[O-])cc4OC)o3)c(=O)n2[C@@H]1c1ccc2c(c1)OCO2. The average Bonchev–Trinajstić information content (AvgIpc) is 3.71. The number of ether oxygens (including phenoxy) is 4. The molecule has 13 heteroatoms. The summed E-state index contributed by atoms with van der Waals surface area (Å²) in [6.45, 7) is 3.66. The van der Waals surface area contributed by atoms with Crippen molar-refractivity contribution in [1.82, 2.24) is 4.57 Å². The molecular weight excluding hydrogens is 566 g/mol. The van der Waals surface area contributed by atoms with Crippen LogP contribution in [0.1, 0.15) is 31.2 Å². The number of furan rings is 1. The van der Waals surface area contributed by atoms with Crippen LogP contribution in [0.2, 0.25) is 0 Å². The maximum atomic E-state index is 13.9. The number of benzene rings is 2. The lowest BCUT2D eigenvalue weighted by Crippen LogP contribution is -2.39. The van der Waals surface area contributed by atoms with E-state index in [0.717, 1.165) is 11.3 Å². The molecule has 42 heavy (non-hydrogen) atoms. The second kappa shape index (κ2) is 10.7. The Hall–Kier alpha value is -5.17. The predicted octanol–water partition coefficient (Wildman–Crippen LogP) is 3.70. The summed E-state index contributed by atoms with van der Waals surface area (Å²) in [7, 11) is 1.41. The van der Waals surface area contributed by atoms with E-state index in [2.05, 4.69) is 4.99 Å². The maximum Gasteiger partial charge on any atom is 0.338 e. The van der Waals surface area contributed by atoms with E-state index in [1.54, 1.807) is 56.3 Å². The van der Waals surface area contributed by atoms with E-state index in [-0.39, 0.29) is 36.0 Å². The monoisotopic (exact) mass is 589 g/mol. The van der Waals surface area contributed by atoms with Crippen LogP contribution in [-0.4, -0.2) is 36.0 Å². The lowest BCUT2D eigenvalue weighted by atomic mass is 9.95. The van der Waals surface area contributed by atoms with E-state index in [1.807, 2.05) is 0 Å². The van der Waals surface area contributed by atoms with Crippen molar-refractivity contribution in [3.8, 4) is 28.6 Å². The number of nitrogens with zero attached hydrogens (tertiary/aromatic N) is 3. The minimum absolute atomic E-state index is 0.0814. The first-order valence-electron chi connectivity index (χ1n) is 12.8. The highest BCUT2D eigenvalue weighted by atomic mass is 32.1. The van der Waals surface area contributed by atoms with Gasteiger partial charge in [0.2, 0.25) is 6.79 Å². The molecule has 2 aromatic carbocycles.